The van der Waals surface area contributed by atoms with Crippen molar-refractivity contribution < 1.29 is 0 Å². The van der Waals surface area contributed by atoms with Crippen LogP contribution in [0.4, 0.5) is 5.69 Å². The number of hydrogen-bond acceptors (Lipinski definition) is 3. The molecule has 0 radical (unpaired) electrons. The molecular formula is C15H20N4. The third kappa shape index (κ3) is 2.48. The van der Waals surface area contributed by atoms with E-state index < -0.39 is 0 Å². The maximum atomic E-state index is 5.85. The Labute approximate surface area is 113 Å². The first kappa shape index (κ1) is 12.2. The molecule has 1 fully saturated rings. The molecule has 0 spiro atoms. The van der Waals surface area contributed by atoms with E-state index >= 15 is 0 Å². The van der Waals surface area contributed by atoms with E-state index in [0.717, 1.165) is 28.5 Å². The molecule has 1 aliphatic rings. The van der Waals surface area contributed by atoms with Gasteiger partial charge in [-0.15, -0.1) is 0 Å². The van der Waals surface area contributed by atoms with Gasteiger partial charge in [-0.05, 0) is 37.5 Å². The van der Waals surface area contributed by atoms with Crippen molar-refractivity contribution >= 4 is 5.69 Å². The lowest BCUT2D eigenvalue weighted by molar-refractivity contribution is 0.429. The number of benzene rings is 1. The van der Waals surface area contributed by atoms with Crippen LogP contribution in [-0.2, 0) is 0 Å². The lowest BCUT2D eigenvalue weighted by Crippen LogP contribution is -2.06. The number of nitrogen functional groups attached to an aromatic ring is 1. The van der Waals surface area contributed by atoms with E-state index in [1.165, 1.54) is 32.1 Å². The Kier molecular flexibility index (Phi) is 3.23. The molecule has 1 saturated carbocycles. The maximum absolute atomic E-state index is 5.85. The predicted molar refractivity (Wildman–Crippen MR) is 76.8 cm³/mol. The number of hydrogen-bond donors (Lipinski definition) is 2. The number of H-pyrrole nitrogens is 1. The van der Waals surface area contributed by atoms with Gasteiger partial charge in [0.15, 0.2) is 5.82 Å². The van der Waals surface area contributed by atoms with Crippen molar-refractivity contribution in [2.24, 2.45) is 0 Å². The fourth-order valence-corrected chi connectivity index (χ4v) is 2.83. The van der Waals surface area contributed by atoms with Gasteiger partial charge in [-0.3, -0.25) is 5.10 Å². The Bertz CT molecular complexity index is 567. The van der Waals surface area contributed by atoms with Crippen molar-refractivity contribution in [2.75, 3.05) is 5.73 Å². The van der Waals surface area contributed by atoms with E-state index in [1.807, 2.05) is 18.2 Å². The summed E-state index contributed by atoms with van der Waals surface area (Å²) >= 11 is 0. The van der Waals surface area contributed by atoms with Crippen LogP contribution in [-0.4, -0.2) is 15.2 Å². The number of nitrogens with zero attached hydrogens (tertiary/aromatic N) is 2. The lowest BCUT2D eigenvalue weighted by Gasteiger charge is -2.18. The number of anilines is 1. The zero-order chi connectivity index (χ0) is 13.2. The minimum atomic E-state index is 0.552. The highest BCUT2D eigenvalue weighted by atomic mass is 15.2. The Balaban J connectivity index is 1.89. The summed E-state index contributed by atoms with van der Waals surface area (Å²) in [5, 5.41) is 7.49. The van der Waals surface area contributed by atoms with E-state index in [-0.39, 0.29) is 0 Å². The maximum Gasteiger partial charge on any atom is 0.181 e. The van der Waals surface area contributed by atoms with Crippen LogP contribution in [0.25, 0.3) is 11.4 Å². The van der Waals surface area contributed by atoms with Crippen LogP contribution < -0.4 is 5.73 Å². The molecule has 1 aromatic carbocycles. The van der Waals surface area contributed by atoms with Gasteiger partial charge < -0.3 is 5.73 Å². The van der Waals surface area contributed by atoms with E-state index in [2.05, 4.69) is 22.1 Å². The van der Waals surface area contributed by atoms with Crippen molar-refractivity contribution in [1.82, 2.24) is 15.2 Å². The summed E-state index contributed by atoms with van der Waals surface area (Å²) in [7, 11) is 0. The number of aromatic nitrogens is 3. The number of nitrogens with one attached hydrogen (secondary N) is 1. The van der Waals surface area contributed by atoms with Crippen LogP contribution in [0.2, 0.25) is 0 Å². The smallest absolute Gasteiger partial charge is 0.181 e. The van der Waals surface area contributed by atoms with E-state index in [9.17, 15) is 0 Å². The molecule has 4 nitrogen and oxygen atoms in total. The highest BCUT2D eigenvalue weighted by Crippen LogP contribution is 2.32. The van der Waals surface area contributed by atoms with Gasteiger partial charge in [0.25, 0.3) is 0 Å². The fourth-order valence-electron chi connectivity index (χ4n) is 2.83. The molecule has 2 aromatic rings. The highest BCUT2D eigenvalue weighted by Gasteiger charge is 2.19. The largest absolute Gasteiger partial charge is 0.399 e. The van der Waals surface area contributed by atoms with Gasteiger partial charge in [0, 0.05) is 17.2 Å². The summed E-state index contributed by atoms with van der Waals surface area (Å²) in [6, 6.07) is 5.87. The summed E-state index contributed by atoms with van der Waals surface area (Å²) in [6.45, 7) is 2.06. The van der Waals surface area contributed by atoms with Crippen molar-refractivity contribution in [3.63, 3.8) is 0 Å². The lowest BCUT2D eigenvalue weighted by atomic mass is 9.89. The minimum absolute atomic E-state index is 0.552. The van der Waals surface area contributed by atoms with Crippen molar-refractivity contribution in [3.8, 4) is 11.4 Å². The summed E-state index contributed by atoms with van der Waals surface area (Å²) < 4.78 is 0. The van der Waals surface area contributed by atoms with E-state index in [4.69, 9.17) is 5.73 Å². The van der Waals surface area contributed by atoms with Crippen molar-refractivity contribution in [2.45, 2.75) is 44.9 Å². The number of nitrogens with two attached hydrogens (primary N) is 1. The number of aromatic amines is 1. The summed E-state index contributed by atoms with van der Waals surface area (Å²) in [5.74, 6) is 2.36. The first-order valence-electron chi connectivity index (χ1n) is 7.03. The van der Waals surface area contributed by atoms with Gasteiger partial charge in [0.2, 0.25) is 0 Å². The molecule has 1 aromatic heterocycles. The topological polar surface area (TPSA) is 67.6 Å². The quantitative estimate of drug-likeness (QED) is 0.809. The molecule has 0 aliphatic heterocycles. The van der Waals surface area contributed by atoms with Gasteiger partial charge in [0.1, 0.15) is 5.82 Å². The Hall–Kier alpha value is -1.84. The zero-order valence-electron chi connectivity index (χ0n) is 11.3. The Morgan fingerprint density at radius 1 is 1.21 bits per heavy atom. The molecule has 0 amide bonds. The van der Waals surface area contributed by atoms with Crippen LogP contribution in [0.1, 0.15) is 49.4 Å². The second kappa shape index (κ2) is 5.03. The minimum Gasteiger partial charge on any atom is -0.399 e. The van der Waals surface area contributed by atoms with Gasteiger partial charge in [-0.25, -0.2) is 4.98 Å². The van der Waals surface area contributed by atoms with Gasteiger partial charge >= 0.3 is 0 Å². The Morgan fingerprint density at radius 2 is 2.00 bits per heavy atom. The van der Waals surface area contributed by atoms with Crippen molar-refractivity contribution in [3.05, 3.63) is 29.6 Å². The van der Waals surface area contributed by atoms with E-state index in [1.54, 1.807) is 0 Å². The average molecular weight is 256 g/mol. The molecule has 4 heteroatoms. The van der Waals surface area contributed by atoms with Gasteiger partial charge in [0.05, 0.1) is 0 Å². The standard InChI is InChI=1S/C15H20N4/c1-10-7-8-12(16)9-13(10)15-17-14(18-19-15)11-5-3-2-4-6-11/h7-9,11H,2-6,16H2,1H3,(H,17,18,19). The molecule has 3 N–H and O–H groups in total. The molecule has 19 heavy (non-hydrogen) atoms. The normalized spacial score (nSPS) is 16.7. The first-order chi connectivity index (χ1) is 9.24. The number of rotatable bonds is 2. The SMILES string of the molecule is Cc1ccc(N)cc1-c1n[nH]c(C2CCCCC2)n1. The van der Waals surface area contributed by atoms with Gasteiger partial charge in [-0.2, -0.15) is 5.10 Å². The zero-order valence-corrected chi connectivity index (χ0v) is 11.3. The monoisotopic (exact) mass is 256 g/mol. The molecule has 1 aliphatic carbocycles. The first-order valence-corrected chi connectivity index (χ1v) is 7.03. The van der Waals surface area contributed by atoms with Crippen LogP contribution in [0.3, 0.4) is 0 Å². The summed E-state index contributed by atoms with van der Waals surface area (Å²) in [4.78, 5) is 4.68. The average Bonchev–Trinajstić information content (AvgIpc) is 2.92. The molecule has 100 valence electrons. The highest BCUT2D eigenvalue weighted by molar-refractivity contribution is 5.65. The molecule has 0 saturated heterocycles. The van der Waals surface area contributed by atoms with Crippen LogP contribution in [0.5, 0.6) is 0 Å². The van der Waals surface area contributed by atoms with Crippen molar-refractivity contribution in [1.29, 1.82) is 0 Å². The summed E-state index contributed by atoms with van der Waals surface area (Å²) in [5.41, 5.74) is 8.79. The molecular weight excluding hydrogens is 236 g/mol. The second-order valence-electron chi connectivity index (χ2n) is 5.45. The van der Waals surface area contributed by atoms with Crippen LogP contribution in [0, 0.1) is 6.92 Å². The fraction of sp³-hybridized carbons (Fsp3) is 0.467. The van der Waals surface area contributed by atoms with Crippen LogP contribution in [0.15, 0.2) is 18.2 Å². The van der Waals surface area contributed by atoms with Gasteiger partial charge in [-0.1, -0.05) is 25.3 Å². The molecule has 0 atom stereocenters. The summed E-state index contributed by atoms with van der Waals surface area (Å²) in [6.07, 6.45) is 6.41. The second-order valence-corrected chi connectivity index (χ2v) is 5.45. The van der Waals surface area contributed by atoms with E-state index in [0.29, 0.717) is 5.92 Å². The van der Waals surface area contributed by atoms with Crippen LogP contribution >= 0.6 is 0 Å². The molecule has 1 heterocycles. The predicted octanol–water partition coefficient (Wildman–Crippen LogP) is 3.41. The molecule has 0 unspecified atom stereocenters. The third-order valence-corrected chi connectivity index (χ3v) is 4.00. The molecule has 3 rings (SSSR count). The third-order valence-electron chi connectivity index (χ3n) is 4.00. The Morgan fingerprint density at radius 3 is 2.79 bits per heavy atom. The number of aryl methyl sites for hydroxylation is 1. The molecule has 0 bridgehead atoms.